The Kier molecular flexibility index (Phi) is 7.19. The van der Waals surface area contributed by atoms with Gasteiger partial charge < -0.3 is 19.3 Å². The van der Waals surface area contributed by atoms with Crippen molar-refractivity contribution < 1.29 is 27.5 Å². The van der Waals surface area contributed by atoms with E-state index >= 15 is 0 Å². The highest BCUT2D eigenvalue weighted by atomic mass is 32.2. The molecular weight excluding hydrogens is 410 g/mol. The van der Waals surface area contributed by atoms with E-state index in [1.807, 2.05) is 0 Å². The second-order valence-corrected chi connectivity index (χ2v) is 9.21. The second-order valence-electron chi connectivity index (χ2n) is 7.31. The van der Waals surface area contributed by atoms with Crippen LogP contribution in [0.1, 0.15) is 36.5 Å². The number of amides is 2. The summed E-state index contributed by atoms with van der Waals surface area (Å²) in [5.41, 5.74) is 0.288. The lowest BCUT2D eigenvalue weighted by atomic mass is 10.1. The Morgan fingerprint density at radius 1 is 0.967 bits per heavy atom. The van der Waals surface area contributed by atoms with Gasteiger partial charge in [0.15, 0.2) is 0 Å². The zero-order chi connectivity index (χ0) is 21.7. The van der Waals surface area contributed by atoms with Gasteiger partial charge in [0.1, 0.15) is 10.6 Å². The minimum atomic E-state index is -3.75. The fraction of sp³-hybridized carbons (Fsp3) is 0.600. The third-order valence-corrected chi connectivity index (χ3v) is 7.36. The van der Waals surface area contributed by atoms with Gasteiger partial charge in [0.05, 0.1) is 13.7 Å². The Hall–Kier alpha value is -2.33. The van der Waals surface area contributed by atoms with E-state index in [1.165, 1.54) is 23.5 Å². The summed E-state index contributed by atoms with van der Waals surface area (Å²) in [6.45, 7) is 4.46. The number of hydrogen-bond donors (Lipinski definition) is 0. The van der Waals surface area contributed by atoms with Gasteiger partial charge in [-0.2, -0.15) is 4.31 Å². The number of ether oxygens (including phenoxy) is 2. The van der Waals surface area contributed by atoms with E-state index in [4.69, 9.17) is 9.47 Å². The molecule has 2 heterocycles. The first-order valence-electron chi connectivity index (χ1n) is 10.3. The normalized spacial score (nSPS) is 18.2. The first kappa shape index (κ1) is 22.4. The molecule has 30 heavy (non-hydrogen) atoms. The van der Waals surface area contributed by atoms with Gasteiger partial charge in [0, 0.05) is 44.8 Å². The standard InChI is InChI=1S/C20H29N3O6S/c1-3-29-20(25)22-13-11-21(12-14-22)19(24)16-7-8-17(28-2)18(15-16)30(26,27)23-9-5-4-6-10-23/h7-8,15H,3-6,9-14H2,1-2H3. The number of methoxy groups -OCH3 is 1. The third kappa shape index (κ3) is 4.70. The van der Waals surface area contributed by atoms with Crippen LogP contribution in [-0.4, -0.2) is 87.5 Å². The van der Waals surface area contributed by atoms with Crippen LogP contribution in [-0.2, 0) is 14.8 Å². The molecule has 2 aliphatic heterocycles. The Balaban J connectivity index is 1.78. The molecule has 9 nitrogen and oxygen atoms in total. The van der Waals surface area contributed by atoms with Gasteiger partial charge in [-0.25, -0.2) is 13.2 Å². The Labute approximate surface area is 177 Å². The number of piperidine rings is 1. The van der Waals surface area contributed by atoms with Gasteiger partial charge in [-0.1, -0.05) is 6.42 Å². The van der Waals surface area contributed by atoms with Crippen molar-refractivity contribution in [2.75, 3.05) is 53.0 Å². The van der Waals surface area contributed by atoms with E-state index < -0.39 is 10.0 Å². The number of hydrogen-bond acceptors (Lipinski definition) is 6. The highest BCUT2D eigenvalue weighted by Crippen LogP contribution is 2.30. The molecular formula is C20H29N3O6S. The predicted molar refractivity (Wildman–Crippen MR) is 110 cm³/mol. The molecule has 2 fully saturated rings. The quantitative estimate of drug-likeness (QED) is 0.694. The number of carbonyl (C=O) groups is 2. The lowest BCUT2D eigenvalue weighted by Gasteiger charge is -2.34. The van der Waals surface area contributed by atoms with Crippen molar-refractivity contribution in [1.82, 2.24) is 14.1 Å². The molecule has 0 aliphatic carbocycles. The van der Waals surface area contributed by atoms with Crippen molar-refractivity contribution >= 4 is 22.0 Å². The van der Waals surface area contributed by atoms with Gasteiger partial charge >= 0.3 is 6.09 Å². The van der Waals surface area contributed by atoms with Crippen LogP contribution in [0.3, 0.4) is 0 Å². The molecule has 0 unspecified atom stereocenters. The van der Waals surface area contributed by atoms with Gasteiger partial charge in [-0.05, 0) is 38.0 Å². The van der Waals surface area contributed by atoms with Crippen molar-refractivity contribution in [2.24, 2.45) is 0 Å². The zero-order valence-corrected chi connectivity index (χ0v) is 18.3. The number of rotatable bonds is 5. The van der Waals surface area contributed by atoms with Crippen molar-refractivity contribution in [3.05, 3.63) is 23.8 Å². The van der Waals surface area contributed by atoms with Gasteiger partial charge in [-0.3, -0.25) is 4.79 Å². The van der Waals surface area contributed by atoms with Crippen LogP contribution in [0, 0.1) is 0 Å². The van der Waals surface area contributed by atoms with E-state index in [1.54, 1.807) is 22.8 Å². The molecule has 0 atom stereocenters. The maximum Gasteiger partial charge on any atom is 0.409 e. The average Bonchev–Trinajstić information content (AvgIpc) is 2.79. The van der Waals surface area contributed by atoms with Crippen molar-refractivity contribution in [1.29, 1.82) is 0 Å². The topological polar surface area (TPSA) is 96.5 Å². The first-order valence-corrected chi connectivity index (χ1v) is 11.7. The molecule has 0 radical (unpaired) electrons. The fourth-order valence-electron chi connectivity index (χ4n) is 3.75. The van der Waals surface area contributed by atoms with E-state index in [0.29, 0.717) is 45.9 Å². The number of benzene rings is 1. The summed E-state index contributed by atoms with van der Waals surface area (Å²) < 4.78 is 38.1. The maximum absolute atomic E-state index is 13.2. The van der Waals surface area contributed by atoms with Crippen LogP contribution in [0.4, 0.5) is 4.79 Å². The number of piperazine rings is 1. The Morgan fingerprint density at radius 2 is 1.60 bits per heavy atom. The minimum Gasteiger partial charge on any atom is -0.495 e. The summed E-state index contributed by atoms with van der Waals surface area (Å²) in [5.74, 6) is -0.0412. The summed E-state index contributed by atoms with van der Waals surface area (Å²) in [5, 5.41) is 0. The van der Waals surface area contributed by atoms with Crippen molar-refractivity contribution in [3.63, 3.8) is 0 Å². The SMILES string of the molecule is CCOC(=O)N1CCN(C(=O)c2ccc(OC)c(S(=O)(=O)N3CCCCC3)c2)CC1. The number of carbonyl (C=O) groups excluding carboxylic acids is 2. The van der Waals surface area contributed by atoms with Gasteiger partial charge in [0.25, 0.3) is 5.91 Å². The summed E-state index contributed by atoms with van der Waals surface area (Å²) >= 11 is 0. The fourth-order valence-corrected chi connectivity index (χ4v) is 5.44. The monoisotopic (exact) mass is 439 g/mol. The van der Waals surface area contributed by atoms with E-state index in [2.05, 4.69) is 0 Å². The molecule has 2 saturated heterocycles. The van der Waals surface area contributed by atoms with Crippen molar-refractivity contribution in [2.45, 2.75) is 31.1 Å². The lowest BCUT2D eigenvalue weighted by molar-refractivity contribution is 0.0570. The highest BCUT2D eigenvalue weighted by molar-refractivity contribution is 7.89. The zero-order valence-electron chi connectivity index (χ0n) is 17.5. The molecule has 0 saturated carbocycles. The van der Waals surface area contributed by atoms with Crippen molar-refractivity contribution in [3.8, 4) is 5.75 Å². The molecule has 1 aromatic rings. The molecule has 0 spiro atoms. The third-order valence-electron chi connectivity index (χ3n) is 5.44. The molecule has 0 bridgehead atoms. The van der Waals surface area contributed by atoms with Crippen LogP contribution in [0.15, 0.2) is 23.1 Å². The van der Waals surface area contributed by atoms with Crippen LogP contribution in [0.25, 0.3) is 0 Å². The largest absolute Gasteiger partial charge is 0.495 e. The van der Waals surface area contributed by atoms with Crippen LogP contribution in [0.2, 0.25) is 0 Å². The minimum absolute atomic E-state index is 0.0166. The van der Waals surface area contributed by atoms with Gasteiger partial charge in [0.2, 0.25) is 10.0 Å². The molecule has 2 aliphatic rings. The van der Waals surface area contributed by atoms with E-state index in [-0.39, 0.29) is 28.2 Å². The molecule has 0 aromatic heterocycles. The van der Waals surface area contributed by atoms with E-state index in [9.17, 15) is 18.0 Å². The van der Waals surface area contributed by atoms with Crippen LogP contribution < -0.4 is 4.74 Å². The molecule has 1 aromatic carbocycles. The first-order chi connectivity index (χ1) is 14.4. The summed E-state index contributed by atoms with van der Waals surface area (Å²) in [6, 6.07) is 4.51. The number of nitrogens with zero attached hydrogens (tertiary/aromatic N) is 3. The lowest BCUT2D eigenvalue weighted by Crippen LogP contribution is -2.50. The average molecular weight is 440 g/mol. The molecule has 0 N–H and O–H groups in total. The molecule has 10 heteroatoms. The summed E-state index contributed by atoms with van der Waals surface area (Å²) in [7, 11) is -2.33. The predicted octanol–water partition coefficient (Wildman–Crippen LogP) is 1.78. The second kappa shape index (κ2) is 9.65. The summed E-state index contributed by atoms with van der Waals surface area (Å²) in [4.78, 5) is 28.0. The molecule has 166 valence electrons. The smallest absolute Gasteiger partial charge is 0.409 e. The Morgan fingerprint density at radius 3 is 2.20 bits per heavy atom. The Bertz CT molecular complexity index is 875. The highest BCUT2D eigenvalue weighted by Gasteiger charge is 2.31. The molecule has 2 amide bonds. The van der Waals surface area contributed by atoms with Gasteiger partial charge in [-0.15, -0.1) is 0 Å². The van der Waals surface area contributed by atoms with Crippen LogP contribution in [0.5, 0.6) is 5.75 Å². The maximum atomic E-state index is 13.2. The van der Waals surface area contributed by atoms with Crippen LogP contribution >= 0.6 is 0 Å². The van der Waals surface area contributed by atoms with E-state index in [0.717, 1.165) is 19.3 Å². The summed E-state index contributed by atoms with van der Waals surface area (Å²) in [6.07, 6.45) is 2.28. The number of sulfonamides is 1. The molecule has 3 rings (SSSR count).